The van der Waals surface area contributed by atoms with Gasteiger partial charge in [-0.15, -0.1) is 13.0 Å². The Balaban J connectivity index is 0.00000101. The maximum Gasteiger partial charge on any atom is 0.337 e. The van der Waals surface area contributed by atoms with Gasteiger partial charge in [-0.1, -0.05) is 30.2 Å². The van der Waals surface area contributed by atoms with Crippen LogP contribution in [0.3, 0.4) is 0 Å². The number of carbonyl (C=O) groups excluding carboxylic acids is 1. The van der Waals surface area contributed by atoms with E-state index in [0.717, 1.165) is 5.56 Å². The molecule has 0 aliphatic heterocycles. The van der Waals surface area contributed by atoms with Crippen LogP contribution < -0.4 is 14.8 Å². The molecule has 6 nitrogen and oxygen atoms in total. The van der Waals surface area contributed by atoms with Crippen LogP contribution in [-0.2, 0) is 4.79 Å². The third-order valence-electron chi connectivity index (χ3n) is 4.47. The number of allylic oxidation sites excluding steroid dienone is 1. The first-order valence-electron chi connectivity index (χ1n) is 9.41. The highest BCUT2D eigenvalue weighted by molar-refractivity contribution is 6.02. The molecule has 1 aliphatic rings. The minimum Gasteiger partial charge on any atom is -0.493 e. The van der Waals surface area contributed by atoms with E-state index in [0.29, 0.717) is 23.6 Å². The Morgan fingerprint density at radius 3 is 2.63 bits per heavy atom. The van der Waals surface area contributed by atoms with Crippen LogP contribution in [0.1, 0.15) is 35.2 Å². The fraction of sp³-hybridized carbons (Fsp3) is 0.250. The van der Waals surface area contributed by atoms with E-state index in [4.69, 9.17) is 15.9 Å². The molecule has 1 aliphatic carbocycles. The molecule has 2 aromatic carbocycles. The second-order valence-corrected chi connectivity index (χ2v) is 6.60. The topological polar surface area (TPSA) is 84.9 Å². The molecule has 1 saturated carbocycles. The number of carboxylic acids is 1. The molecule has 0 bridgehead atoms. The van der Waals surface area contributed by atoms with Gasteiger partial charge in [0.2, 0.25) is 5.91 Å². The number of anilines is 1. The zero-order valence-corrected chi connectivity index (χ0v) is 17.1. The van der Waals surface area contributed by atoms with Crippen molar-refractivity contribution in [3.05, 3.63) is 66.2 Å². The van der Waals surface area contributed by atoms with Gasteiger partial charge in [-0.05, 0) is 49.1 Å². The average Bonchev–Trinajstić information content (AvgIpc) is 3.54. The van der Waals surface area contributed by atoms with Crippen LogP contribution in [0, 0.1) is 18.3 Å². The second-order valence-electron chi connectivity index (χ2n) is 6.60. The monoisotopic (exact) mass is 407 g/mol. The Bertz CT molecular complexity index is 960. The van der Waals surface area contributed by atoms with E-state index in [1.165, 1.54) is 6.07 Å². The molecule has 0 saturated heterocycles. The number of amides is 1. The number of methoxy groups -OCH3 is 1. The molecule has 0 spiro atoms. The number of terminal acetylenes is 1. The van der Waals surface area contributed by atoms with Crippen LogP contribution in [0.15, 0.2) is 55.1 Å². The number of carboxylic acid groups (broad SMARTS) is 1. The normalized spacial score (nSPS) is 16.2. The highest BCUT2D eigenvalue weighted by Gasteiger charge is 2.44. The maximum absolute atomic E-state index is 12.5. The van der Waals surface area contributed by atoms with E-state index in [2.05, 4.69) is 17.8 Å². The molecule has 1 amide bonds. The van der Waals surface area contributed by atoms with Gasteiger partial charge in [-0.25, -0.2) is 4.79 Å². The van der Waals surface area contributed by atoms with Crippen molar-refractivity contribution in [1.82, 2.24) is 0 Å². The highest BCUT2D eigenvalue weighted by atomic mass is 16.5. The Hall–Kier alpha value is -3.72. The predicted octanol–water partition coefficient (Wildman–Crippen LogP) is 4.34. The summed E-state index contributed by atoms with van der Waals surface area (Å²) in [4.78, 5) is 23.8. The number of hydrogen-bond donors (Lipinski definition) is 2. The first kappa shape index (κ1) is 22.6. The SMILES string of the molecule is C#CCOc1ccc(C2CC2C(=O)Nc2ccccc2C(=O)O)cc1OC.C=CC. The lowest BCUT2D eigenvalue weighted by atomic mass is 10.1. The first-order valence-corrected chi connectivity index (χ1v) is 9.41. The number of ether oxygens (including phenoxy) is 2. The number of carbonyl (C=O) groups is 2. The number of para-hydroxylation sites is 1. The number of rotatable bonds is 7. The molecular weight excluding hydrogens is 382 g/mol. The van der Waals surface area contributed by atoms with Crippen LogP contribution in [0.4, 0.5) is 5.69 Å². The van der Waals surface area contributed by atoms with Gasteiger partial charge in [0.25, 0.3) is 0 Å². The Morgan fingerprint density at radius 1 is 1.30 bits per heavy atom. The van der Waals surface area contributed by atoms with Gasteiger partial charge in [0.1, 0.15) is 6.61 Å². The second kappa shape index (κ2) is 10.7. The van der Waals surface area contributed by atoms with Gasteiger partial charge in [0, 0.05) is 5.92 Å². The minimum absolute atomic E-state index is 0.0533. The van der Waals surface area contributed by atoms with E-state index in [1.54, 1.807) is 37.5 Å². The fourth-order valence-corrected chi connectivity index (χ4v) is 3.01. The number of aromatic carboxylic acids is 1. The summed E-state index contributed by atoms with van der Waals surface area (Å²) in [5.74, 6) is 2.08. The van der Waals surface area contributed by atoms with Crippen LogP contribution in [0.5, 0.6) is 11.5 Å². The molecule has 0 aromatic heterocycles. The zero-order valence-electron chi connectivity index (χ0n) is 17.1. The van der Waals surface area contributed by atoms with Crippen molar-refractivity contribution < 1.29 is 24.2 Å². The lowest BCUT2D eigenvalue weighted by Crippen LogP contribution is -2.17. The molecule has 2 aromatic rings. The van der Waals surface area contributed by atoms with E-state index in [1.807, 2.05) is 19.1 Å². The molecule has 30 heavy (non-hydrogen) atoms. The largest absolute Gasteiger partial charge is 0.493 e. The molecule has 1 fully saturated rings. The standard InChI is InChI=1S/C21H19NO5.C3H6/c1-3-10-27-18-9-8-13(11-19(18)26-2)15-12-16(15)20(23)22-17-7-5-4-6-14(17)21(24)25;1-3-2/h1,4-9,11,15-16H,10,12H2,2H3,(H,22,23)(H,24,25);3H,1H2,2H3. The lowest BCUT2D eigenvalue weighted by Gasteiger charge is -2.11. The van der Waals surface area contributed by atoms with Crippen LogP contribution in [-0.4, -0.2) is 30.7 Å². The van der Waals surface area contributed by atoms with Gasteiger partial charge >= 0.3 is 5.97 Å². The molecule has 3 rings (SSSR count). The van der Waals surface area contributed by atoms with Gasteiger partial charge in [-0.3, -0.25) is 4.79 Å². The van der Waals surface area contributed by atoms with Crippen molar-refractivity contribution in [3.8, 4) is 23.8 Å². The molecule has 0 heterocycles. The highest BCUT2D eigenvalue weighted by Crippen LogP contribution is 2.49. The van der Waals surface area contributed by atoms with Crippen molar-refractivity contribution in [2.24, 2.45) is 5.92 Å². The lowest BCUT2D eigenvalue weighted by molar-refractivity contribution is -0.117. The summed E-state index contributed by atoms with van der Waals surface area (Å²) >= 11 is 0. The summed E-state index contributed by atoms with van der Waals surface area (Å²) in [7, 11) is 1.54. The molecular formula is C24H25NO5. The number of benzene rings is 2. The Morgan fingerprint density at radius 2 is 2.00 bits per heavy atom. The van der Waals surface area contributed by atoms with E-state index in [-0.39, 0.29) is 29.9 Å². The molecule has 2 unspecified atom stereocenters. The van der Waals surface area contributed by atoms with E-state index < -0.39 is 5.97 Å². The maximum atomic E-state index is 12.5. The fourth-order valence-electron chi connectivity index (χ4n) is 3.01. The van der Waals surface area contributed by atoms with Crippen molar-refractivity contribution in [2.45, 2.75) is 19.3 Å². The van der Waals surface area contributed by atoms with Crippen LogP contribution in [0.2, 0.25) is 0 Å². The van der Waals surface area contributed by atoms with Crippen LogP contribution in [0.25, 0.3) is 0 Å². The first-order chi connectivity index (χ1) is 14.5. The summed E-state index contributed by atoms with van der Waals surface area (Å²) < 4.78 is 10.8. The van der Waals surface area contributed by atoms with Gasteiger partial charge in [-0.2, -0.15) is 0 Å². The van der Waals surface area contributed by atoms with Gasteiger partial charge in [0.05, 0.1) is 18.4 Å². The Labute approximate surface area is 176 Å². The summed E-state index contributed by atoms with van der Waals surface area (Å²) in [5.41, 5.74) is 1.34. The summed E-state index contributed by atoms with van der Waals surface area (Å²) in [6.07, 6.45) is 7.64. The van der Waals surface area contributed by atoms with Gasteiger partial charge in [0.15, 0.2) is 11.5 Å². The van der Waals surface area contributed by atoms with Crippen molar-refractivity contribution >= 4 is 17.6 Å². The van der Waals surface area contributed by atoms with Crippen molar-refractivity contribution in [2.75, 3.05) is 19.0 Å². The molecule has 6 heteroatoms. The molecule has 2 N–H and O–H groups in total. The van der Waals surface area contributed by atoms with E-state index >= 15 is 0 Å². The van der Waals surface area contributed by atoms with Gasteiger partial charge < -0.3 is 19.9 Å². The van der Waals surface area contributed by atoms with Crippen LogP contribution >= 0.6 is 0 Å². The molecule has 0 radical (unpaired) electrons. The molecule has 156 valence electrons. The molecule has 2 atom stereocenters. The third kappa shape index (κ3) is 5.65. The summed E-state index contributed by atoms with van der Waals surface area (Å²) in [6.45, 7) is 5.40. The quantitative estimate of drug-likeness (QED) is 0.527. The average molecular weight is 407 g/mol. The Kier molecular flexibility index (Phi) is 8.07. The van der Waals surface area contributed by atoms with E-state index in [9.17, 15) is 14.7 Å². The smallest absolute Gasteiger partial charge is 0.337 e. The zero-order chi connectivity index (χ0) is 22.1. The third-order valence-corrected chi connectivity index (χ3v) is 4.47. The van der Waals surface area contributed by atoms with Crippen molar-refractivity contribution in [1.29, 1.82) is 0 Å². The summed E-state index contributed by atoms with van der Waals surface area (Å²) in [5, 5.41) is 11.9. The number of hydrogen-bond acceptors (Lipinski definition) is 4. The minimum atomic E-state index is -1.08. The predicted molar refractivity (Wildman–Crippen MR) is 116 cm³/mol. The summed E-state index contributed by atoms with van der Waals surface area (Å²) in [6, 6.07) is 11.9. The van der Waals surface area contributed by atoms with Crippen molar-refractivity contribution in [3.63, 3.8) is 0 Å². The number of nitrogens with one attached hydrogen (secondary N) is 1.